The first kappa shape index (κ1) is 11.5. The lowest BCUT2D eigenvalue weighted by Gasteiger charge is -2.22. The third-order valence-corrected chi connectivity index (χ3v) is 4.14. The molecule has 0 aliphatic rings. The molecule has 2 heteroatoms. The van der Waals surface area contributed by atoms with E-state index in [1.54, 1.807) is 5.19 Å². The smallest absolute Gasteiger partial charge is 0.125 e. The summed E-state index contributed by atoms with van der Waals surface area (Å²) < 4.78 is 0. The van der Waals surface area contributed by atoms with Gasteiger partial charge in [0.25, 0.3) is 0 Å². The average molecular weight is 207 g/mol. The maximum Gasteiger partial charge on any atom is 0.125 e. The molecule has 1 nitrogen and oxygen atoms in total. The number of hydrogen-bond donors (Lipinski definition) is 1. The SMILES string of the molecule is CCN[SiH2]c1ccccc1C(C)(C)C. The van der Waals surface area contributed by atoms with Crippen molar-refractivity contribution in [2.45, 2.75) is 33.1 Å². The average Bonchev–Trinajstić information content (AvgIpc) is 2.14. The van der Waals surface area contributed by atoms with Gasteiger partial charge in [-0.15, -0.1) is 0 Å². The fraction of sp³-hybridized carbons (Fsp3) is 0.500. The molecule has 0 spiro atoms. The summed E-state index contributed by atoms with van der Waals surface area (Å²) in [4.78, 5) is 3.52. The normalized spacial score (nSPS) is 12.6. The van der Waals surface area contributed by atoms with Crippen molar-refractivity contribution >= 4 is 14.9 Å². The highest BCUT2D eigenvalue weighted by Gasteiger charge is 2.16. The maximum atomic E-state index is 3.52. The van der Waals surface area contributed by atoms with Crippen LogP contribution in [0.3, 0.4) is 0 Å². The number of hydrogen-bond acceptors (Lipinski definition) is 1. The highest BCUT2D eigenvalue weighted by atomic mass is 28.2. The molecule has 1 N–H and O–H groups in total. The van der Waals surface area contributed by atoms with E-state index in [1.165, 1.54) is 5.56 Å². The molecule has 1 aromatic rings. The Morgan fingerprint density at radius 3 is 2.43 bits per heavy atom. The van der Waals surface area contributed by atoms with Gasteiger partial charge in [0, 0.05) is 0 Å². The van der Waals surface area contributed by atoms with Crippen LogP contribution in [-0.4, -0.2) is 16.2 Å². The van der Waals surface area contributed by atoms with Crippen molar-refractivity contribution in [3.05, 3.63) is 29.8 Å². The van der Waals surface area contributed by atoms with Gasteiger partial charge in [-0.2, -0.15) is 0 Å². The molecule has 14 heavy (non-hydrogen) atoms. The zero-order valence-corrected chi connectivity index (χ0v) is 11.1. The lowest BCUT2D eigenvalue weighted by atomic mass is 9.87. The molecular formula is C12H21NSi. The van der Waals surface area contributed by atoms with Crippen LogP contribution in [0.2, 0.25) is 0 Å². The Morgan fingerprint density at radius 2 is 1.86 bits per heavy atom. The third-order valence-electron chi connectivity index (χ3n) is 2.39. The van der Waals surface area contributed by atoms with Crippen LogP contribution in [-0.2, 0) is 5.41 Å². The third kappa shape index (κ3) is 2.96. The zero-order valence-electron chi connectivity index (χ0n) is 9.72. The summed E-state index contributed by atoms with van der Waals surface area (Å²) in [5.41, 5.74) is 1.78. The standard InChI is InChI=1S/C12H21NSi/c1-5-13-14-11-9-7-6-8-10(11)12(2,3)4/h6-9,13H,5,14H2,1-4H3. The Kier molecular flexibility index (Phi) is 3.90. The molecular weight excluding hydrogens is 186 g/mol. The van der Waals surface area contributed by atoms with Crippen molar-refractivity contribution in [3.8, 4) is 0 Å². The van der Waals surface area contributed by atoms with Crippen LogP contribution in [0.25, 0.3) is 0 Å². The first-order valence-electron chi connectivity index (χ1n) is 5.35. The topological polar surface area (TPSA) is 12.0 Å². The summed E-state index contributed by atoms with van der Waals surface area (Å²) in [6.07, 6.45) is 0. The quantitative estimate of drug-likeness (QED) is 0.737. The van der Waals surface area contributed by atoms with E-state index in [1.807, 2.05) is 0 Å². The van der Waals surface area contributed by atoms with E-state index in [2.05, 4.69) is 56.9 Å². The summed E-state index contributed by atoms with van der Waals surface area (Å²) in [6, 6.07) is 8.83. The number of benzene rings is 1. The molecule has 0 fully saturated rings. The van der Waals surface area contributed by atoms with Gasteiger partial charge in [-0.25, -0.2) is 0 Å². The van der Waals surface area contributed by atoms with E-state index in [0.29, 0.717) is 0 Å². The molecule has 0 saturated heterocycles. The van der Waals surface area contributed by atoms with Crippen LogP contribution in [0.4, 0.5) is 0 Å². The van der Waals surface area contributed by atoms with Crippen molar-refractivity contribution < 1.29 is 0 Å². The molecule has 0 aliphatic heterocycles. The summed E-state index contributed by atoms with van der Waals surface area (Å²) in [5.74, 6) is 0. The molecule has 1 aromatic carbocycles. The van der Waals surface area contributed by atoms with Crippen molar-refractivity contribution in [1.82, 2.24) is 4.98 Å². The monoisotopic (exact) mass is 207 g/mol. The molecule has 0 amide bonds. The highest BCUT2D eigenvalue weighted by molar-refractivity contribution is 6.51. The maximum absolute atomic E-state index is 3.52. The van der Waals surface area contributed by atoms with Crippen molar-refractivity contribution in [3.63, 3.8) is 0 Å². The fourth-order valence-corrected chi connectivity index (χ4v) is 3.28. The van der Waals surface area contributed by atoms with Gasteiger partial charge in [-0.3, -0.25) is 0 Å². The van der Waals surface area contributed by atoms with E-state index in [0.717, 1.165) is 6.54 Å². The van der Waals surface area contributed by atoms with E-state index < -0.39 is 0 Å². The van der Waals surface area contributed by atoms with Gasteiger partial charge >= 0.3 is 0 Å². The zero-order chi connectivity index (χ0) is 10.6. The van der Waals surface area contributed by atoms with Crippen LogP contribution < -0.4 is 10.2 Å². The van der Waals surface area contributed by atoms with Gasteiger partial charge in [0.2, 0.25) is 0 Å². The number of nitrogens with one attached hydrogen (secondary N) is 1. The molecule has 0 atom stereocenters. The predicted octanol–water partition coefficient (Wildman–Crippen LogP) is 1.30. The Balaban J connectivity index is 2.92. The summed E-state index contributed by atoms with van der Waals surface area (Å²) >= 11 is 0. The molecule has 0 heterocycles. The van der Waals surface area contributed by atoms with Gasteiger partial charge in [-0.05, 0) is 22.7 Å². The molecule has 0 radical (unpaired) electrons. The van der Waals surface area contributed by atoms with Gasteiger partial charge in [0.1, 0.15) is 9.68 Å². The van der Waals surface area contributed by atoms with Gasteiger partial charge in [0.15, 0.2) is 0 Å². The molecule has 0 aromatic heterocycles. The van der Waals surface area contributed by atoms with E-state index >= 15 is 0 Å². The van der Waals surface area contributed by atoms with Gasteiger partial charge in [0.05, 0.1) is 0 Å². The first-order chi connectivity index (χ1) is 6.55. The second-order valence-corrected chi connectivity index (χ2v) is 6.30. The van der Waals surface area contributed by atoms with Crippen molar-refractivity contribution in [2.75, 3.05) is 6.54 Å². The second-order valence-electron chi connectivity index (χ2n) is 4.69. The van der Waals surface area contributed by atoms with E-state index in [4.69, 9.17) is 0 Å². The molecule has 0 unspecified atom stereocenters. The van der Waals surface area contributed by atoms with E-state index in [-0.39, 0.29) is 15.1 Å². The van der Waals surface area contributed by atoms with Crippen LogP contribution in [0, 0.1) is 0 Å². The Hall–Kier alpha value is -0.603. The summed E-state index contributed by atoms with van der Waals surface area (Å²) in [7, 11) is -0.270. The Bertz CT molecular complexity index is 289. The Morgan fingerprint density at radius 1 is 1.21 bits per heavy atom. The Labute approximate surface area is 89.8 Å². The second kappa shape index (κ2) is 4.76. The predicted molar refractivity (Wildman–Crippen MR) is 67.0 cm³/mol. The molecule has 0 saturated carbocycles. The van der Waals surface area contributed by atoms with E-state index in [9.17, 15) is 0 Å². The first-order valence-corrected chi connectivity index (χ1v) is 6.76. The molecule has 78 valence electrons. The molecule has 0 bridgehead atoms. The van der Waals surface area contributed by atoms with Crippen molar-refractivity contribution in [1.29, 1.82) is 0 Å². The largest absolute Gasteiger partial charge is 0.339 e. The lowest BCUT2D eigenvalue weighted by Crippen LogP contribution is -2.35. The van der Waals surface area contributed by atoms with Crippen molar-refractivity contribution in [2.24, 2.45) is 0 Å². The lowest BCUT2D eigenvalue weighted by molar-refractivity contribution is 0.594. The minimum atomic E-state index is -0.270. The summed E-state index contributed by atoms with van der Waals surface area (Å²) in [6.45, 7) is 10.1. The van der Waals surface area contributed by atoms with Crippen LogP contribution >= 0.6 is 0 Å². The fourth-order valence-electron chi connectivity index (χ4n) is 1.67. The van der Waals surface area contributed by atoms with Gasteiger partial charge in [-0.1, -0.05) is 52.0 Å². The summed E-state index contributed by atoms with van der Waals surface area (Å²) in [5, 5.41) is 1.56. The molecule has 0 aliphatic carbocycles. The minimum Gasteiger partial charge on any atom is -0.339 e. The van der Waals surface area contributed by atoms with Crippen LogP contribution in [0.5, 0.6) is 0 Å². The minimum absolute atomic E-state index is 0.270. The van der Waals surface area contributed by atoms with Gasteiger partial charge < -0.3 is 4.98 Å². The number of rotatable bonds is 3. The van der Waals surface area contributed by atoms with Crippen LogP contribution in [0.1, 0.15) is 33.3 Å². The highest BCUT2D eigenvalue weighted by Crippen LogP contribution is 2.19. The van der Waals surface area contributed by atoms with Crippen LogP contribution in [0.15, 0.2) is 24.3 Å². The molecule has 1 rings (SSSR count).